The first-order chi connectivity index (χ1) is 51.3. The van der Waals surface area contributed by atoms with E-state index in [1.54, 1.807) is 6.08 Å². The molecule has 0 aromatic carbocycles. The highest BCUT2D eigenvalue weighted by Gasteiger charge is 2.54. The third kappa shape index (κ3) is 44.2. The number of hydrogen-bond acceptors (Lipinski definition) is 18. The normalized spacial score (nSPS) is 26.6. The third-order valence-corrected chi connectivity index (χ3v) is 19.1. The molecule has 1 amide bonds. The number of aliphatic hydroxyl groups excluding tert-OH is 11. The molecule has 600 valence electrons. The van der Waals surface area contributed by atoms with Crippen LogP contribution in [-0.4, -0.2) is 193 Å². The van der Waals surface area contributed by atoms with Gasteiger partial charge in [0, 0.05) is 6.42 Å². The molecule has 17 atom stereocenters. The van der Waals surface area contributed by atoms with E-state index < -0.39 is 124 Å². The summed E-state index contributed by atoms with van der Waals surface area (Å²) in [7, 11) is 0. The molecule has 0 bridgehead atoms. The summed E-state index contributed by atoms with van der Waals surface area (Å²) in [6, 6.07) is -1.00. The molecule has 105 heavy (non-hydrogen) atoms. The van der Waals surface area contributed by atoms with Crippen LogP contribution in [0.4, 0.5) is 0 Å². The van der Waals surface area contributed by atoms with Gasteiger partial charge in [0.05, 0.1) is 38.6 Å². The van der Waals surface area contributed by atoms with E-state index in [2.05, 4.69) is 153 Å². The number of rotatable bonds is 62. The maximum atomic E-state index is 13.5. The second-order valence-electron chi connectivity index (χ2n) is 28.1. The third-order valence-electron chi connectivity index (χ3n) is 19.1. The molecule has 0 saturated carbocycles. The lowest BCUT2D eigenvalue weighted by atomic mass is 9.96. The molecule has 3 saturated heterocycles. The Bertz CT molecular complexity index is 2470. The van der Waals surface area contributed by atoms with Crippen molar-refractivity contribution in [2.24, 2.45) is 0 Å². The number of hydrogen-bond donors (Lipinski definition) is 12. The number of nitrogens with one attached hydrogen (secondary N) is 1. The molecule has 3 aliphatic heterocycles. The van der Waals surface area contributed by atoms with Crippen LogP contribution in [0.1, 0.15) is 258 Å². The molecule has 17 unspecified atom stereocenters. The van der Waals surface area contributed by atoms with E-state index in [1.165, 1.54) is 116 Å². The van der Waals surface area contributed by atoms with Gasteiger partial charge in [-0.25, -0.2) is 0 Å². The lowest BCUT2D eigenvalue weighted by Gasteiger charge is -2.48. The van der Waals surface area contributed by atoms with Crippen molar-refractivity contribution < 1.29 is 89.4 Å². The van der Waals surface area contributed by atoms with E-state index >= 15 is 0 Å². The Morgan fingerprint density at radius 2 is 0.657 bits per heavy atom. The van der Waals surface area contributed by atoms with E-state index in [0.29, 0.717) is 6.42 Å². The van der Waals surface area contributed by atoms with Gasteiger partial charge in [-0.1, -0.05) is 295 Å². The van der Waals surface area contributed by atoms with Crippen molar-refractivity contribution in [1.82, 2.24) is 5.32 Å². The Hall–Kier alpha value is -4.33. The fourth-order valence-electron chi connectivity index (χ4n) is 12.7. The number of carbonyl (C=O) groups is 1. The summed E-state index contributed by atoms with van der Waals surface area (Å²) in [5, 5.41) is 121. The Morgan fingerprint density at radius 3 is 1.03 bits per heavy atom. The van der Waals surface area contributed by atoms with E-state index in [-0.39, 0.29) is 18.9 Å². The SMILES string of the molecule is CC/C=C\C/C=C\C/C=C\C/C=C\C/C=C\C/C=C\C/C=C\C/C=C\C/C=C\C/C=C\C/C=C\CCCCCC(=O)NC(COC1OC(CO)C(OC2OC(CO)C(OC3OC(CO)C(O)C(O)C3O)C(O)C2O)C(O)C1O)C(O)/C=C/CCCCCCCCCCCCCCCCCCCCCCC. The zero-order chi connectivity index (χ0) is 76.0. The predicted octanol–water partition coefficient (Wildman–Crippen LogP) is 13.8. The van der Waals surface area contributed by atoms with Gasteiger partial charge >= 0.3 is 0 Å². The highest BCUT2D eigenvalue weighted by molar-refractivity contribution is 5.76. The minimum atomic E-state index is -1.99. The van der Waals surface area contributed by atoms with Gasteiger partial charge < -0.3 is 89.9 Å². The van der Waals surface area contributed by atoms with Crippen LogP contribution in [0.3, 0.4) is 0 Å². The summed E-state index contributed by atoms with van der Waals surface area (Å²) in [5.74, 6) is -0.311. The minimum absolute atomic E-state index is 0.194. The van der Waals surface area contributed by atoms with Gasteiger partial charge in [0.2, 0.25) is 5.91 Å². The van der Waals surface area contributed by atoms with Gasteiger partial charge in [-0.2, -0.15) is 0 Å². The number of ether oxygens (including phenoxy) is 6. The molecule has 3 heterocycles. The number of allylic oxidation sites excluding steroid dienone is 23. The van der Waals surface area contributed by atoms with Crippen molar-refractivity contribution in [2.45, 2.75) is 362 Å². The van der Waals surface area contributed by atoms with E-state index in [4.69, 9.17) is 28.4 Å². The number of unbranched alkanes of at least 4 members (excludes halogenated alkanes) is 24. The summed E-state index contributed by atoms with van der Waals surface area (Å²) in [4.78, 5) is 13.5. The fraction of sp³-hybridized carbons (Fsp3) is 0.709. The summed E-state index contributed by atoms with van der Waals surface area (Å²) in [5.41, 5.74) is 0. The van der Waals surface area contributed by atoms with Crippen LogP contribution in [0.25, 0.3) is 0 Å². The Labute approximate surface area is 632 Å². The van der Waals surface area contributed by atoms with Crippen LogP contribution in [-0.2, 0) is 33.2 Å². The van der Waals surface area contributed by atoms with Gasteiger partial charge in [-0.05, 0) is 103 Å². The number of aliphatic hydroxyl groups is 11. The van der Waals surface area contributed by atoms with Crippen molar-refractivity contribution in [1.29, 1.82) is 0 Å². The summed E-state index contributed by atoms with van der Waals surface area (Å²) < 4.78 is 34.4. The number of carbonyl (C=O) groups excluding carboxylic acids is 1. The van der Waals surface area contributed by atoms with Crippen molar-refractivity contribution in [3.05, 3.63) is 146 Å². The average Bonchev–Trinajstić information content (AvgIpc) is 0.779. The highest BCUT2D eigenvalue weighted by Crippen LogP contribution is 2.33. The van der Waals surface area contributed by atoms with Crippen LogP contribution in [0.15, 0.2) is 146 Å². The molecule has 0 aromatic rings. The number of amides is 1. The Balaban J connectivity index is 1.39. The molecule has 19 heteroatoms. The maximum absolute atomic E-state index is 13.5. The zero-order valence-electron chi connectivity index (χ0n) is 64.1. The second-order valence-corrected chi connectivity index (χ2v) is 28.1. The van der Waals surface area contributed by atoms with Crippen LogP contribution < -0.4 is 5.32 Å². The van der Waals surface area contributed by atoms with Crippen molar-refractivity contribution in [3.63, 3.8) is 0 Å². The lowest BCUT2D eigenvalue weighted by molar-refractivity contribution is -0.379. The fourth-order valence-corrected chi connectivity index (χ4v) is 12.7. The molecule has 0 aromatic heterocycles. The zero-order valence-corrected chi connectivity index (χ0v) is 64.1. The van der Waals surface area contributed by atoms with Gasteiger partial charge in [0.15, 0.2) is 18.9 Å². The minimum Gasteiger partial charge on any atom is -0.394 e. The monoisotopic (exact) mass is 1480 g/mol. The standard InChI is InChI=1S/C86H143NO18/c1-3-5-7-9-11-13-15-17-19-21-23-25-27-28-29-30-31-32-33-34-35-36-37-38-39-40-42-44-46-48-50-52-54-56-58-60-62-64-74(92)87-69(70(91)63-61-59-57-55-53-51-49-47-45-43-41-26-24-22-20-18-16-14-12-10-8-6-4-2)68-100-84-80(98)77(95)82(72(66-89)102-84)105-86-81(99)78(96)83(73(67-90)103-86)104-85-79(97)76(94)75(93)71(65-88)101-85/h5,7,11,13,17,19,23,25,28-29,31-32,34-35,37-38,40,42,46,48,52,54,61,63,69-73,75-86,88-91,93-99H,3-4,6,8-10,12,14-16,18,20-22,24,26-27,30,33,36,39,41,43-45,47,49-51,53,55-60,62,64-68H2,1-2H3,(H,87,92)/b7-5-,13-11-,19-17-,25-23-,29-28-,32-31-,35-34-,38-37-,42-40-,48-46-,54-52-,63-61+. The highest BCUT2D eigenvalue weighted by atomic mass is 16.8. The van der Waals surface area contributed by atoms with Crippen LogP contribution >= 0.6 is 0 Å². The second kappa shape index (κ2) is 64.5. The summed E-state index contributed by atoms with van der Waals surface area (Å²) in [6.45, 7) is 1.60. The van der Waals surface area contributed by atoms with E-state index in [1.807, 2.05) is 6.08 Å². The largest absolute Gasteiger partial charge is 0.394 e. The summed E-state index contributed by atoms with van der Waals surface area (Å²) >= 11 is 0. The van der Waals surface area contributed by atoms with Crippen LogP contribution in [0.5, 0.6) is 0 Å². The van der Waals surface area contributed by atoms with Crippen molar-refractivity contribution in [3.8, 4) is 0 Å². The predicted molar refractivity (Wildman–Crippen MR) is 419 cm³/mol. The average molecular weight is 1480 g/mol. The first-order valence-corrected chi connectivity index (χ1v) is 40.6. The molecule has 0 spiro atoms. The van der Waals surface area contributed by atoms with Gasteiger partial charge in [-0.3, -0.25) is 4.79 Å². The topological polar surface area (TPSA) is 307 Å². The lowest BCUT2D eigenvalue weighted by Crippen LogP contribution is -2.66. The molecule has 19 nitrogen and oxygen atoms in total. The molecule has 3 rings (SSSR count). The molecular formula is C86H143NO18. The van der Waals surface area contributed by atoms with Crippen LogP contribution in [0.2, 0.25) is 0 Å². The van der Waals surface area contributed by atoms with Crippen molar-refractivity contribution in [2.75, 3.05) is 26.4 Å². The van der Waals surface area contributed by atoms with Gasteiger partial charge in [0.1, 0.15) is 73.2 Å². The van der Waals surface area contributed by atoms with E-state index in [9.17, 15) is 61.0 Å². The summed E-state index contributed by atoms with van der Waals surface area (Å²) in [6.07, 6.45) is 66.8. The molecule has 12 N–H and O–H groups in total. The smallest absolute Gasteiger partial charge is 0.220 e. The van der Waals surface area contributed by atoms with Gasteiger partial charge in [0.25, 0.3) is 0 Å². The van der Waals surface area contributed by atoms with Crippen LogP contribution in [0, 0.1) is 0 Å². The Morgan fingerprint density at radius 1 is 0.352 bits per heavy atom. The Kier molecular flexibility index (Phi) is 58.3. The van der Waals surface area contributed by atoms with Crippen molar-refractivity contribution >= 4 is 5.91 Å². The molecular weight excluding hydrogens is 1330 g/mol. The van der Waals surface area contributed by atoms with Gasteiger partial charge in [-0.15, -0.1) is 0 Å². The first kappa shape index (κ1) is 94.9. The van der Waals surface area contributed by atoms with E-state index in [0.717, 1.165) is 116 Å². The maximum Gasteiger partial charge on any atom is 0.220 e. The molecule has 0 radical (unpaired) electrons. The molecule has 3 aliphatic rings. The molecule has 0 aliphatic carbocycles. The molecule has 3 fully saturated rings. The quantitative estimate of drug-likeness (QED) is 0.0199. The first-order valence-electron chi connectivity index (χ1n) is 40.6.